The molecule has 1 aromatic carbocycles. The molecule has 0 aliphatic carbocycles. The highest BCUT2D eigenvalue weighted by Gasteiger charge is 2.22. The second-order valence-electron chi connectivity index (χ2n) is 4.18. The lowest BCUT2D eigenvalue weighted by atomic mass is 10.3. The molecule has 0 radical (unpaired) electrons. The Morgan fingerprint density at radius 3 is 2.74 bits per heavy atom. The summed E-state index contributed by atoms with van der Waals surface area (Å²) in [5.74, 6) is -0.206. The zero-order valence-electron chi connectivity index (χ0n) is 11.5. The first-order chi connectivity index (χ1) is 9.19. The monoisotopic (exact) mass is 279 g/mol. The van der Waals surface area contributed by atoms with Gasteiger partial charge in [-0.2, -0.15) is 0 Å². The molecule has 0 aliphatic heterocycles. The lowest BCUT2D eigenvalue weighted by molar-refractivity contribution is -0.144. The maximum Gasteiger partial charge on any atom is 0.323 e. The predicted molar refractivity (Wildman–Crippen MR) is 79.9 cm³/mol. The molecule has 0 aliphatic rings. The fourth-order valence-corrected chi connectivity index (χ4v) is 2.63. The molecule has 1 rings (SSSR count). The molecule has 0 amide bonds. The molecule has 3 nitrogen and oxygen atoms in total. The van der Waals surface area contributed by atoms with Crippen LogP contribution in [0.4, 0.5) is 0 Å². The van der Waals surface area contributed by atoms with Gasteiger partial charge in [0.1, 0.15) is 6.04 Å². The standard InChI is InChI=1S/C15H21NO2S/c1-4-5-9-12-16(13(2)15(17)18-3)19-14-10-7-6-8-11-14/h4,6-8,10-11,13H,1,5,9,12H2,2-3H3/t13-/m0/s1. The molecular formula is C15H21NO2S. The highest BCUT2D eigenvalue weighted by molar-refractivity contribution is 7.97. The molecule has 0 fully saturated rings. The molecule has 1 aromatic rings. The summed E-state index contributed by atoms with van der Waals surface area (Å²) in [7, 11) is 1.42. The number of methoxy groups -OCH3 is 1. The minimum absolute atomic E-state index is 0.206. The molecule has 0 spiro atoms. The van der Waals surface area contributed by atoms with E-state index in [1.165, 1.54) is 7.11 Å². The van der Waals surface area contributed by atoms with E-state index < -0.39 is 0 Å². The molecule has 0 aromatic heterocycles. The Morgan fingerprint density at radius 2 is 2.16 bits per heavy atom. The van der Waals surface area contributed by atoms with Crippen molar-refractivity contribution >= 4 is 17.9 Å². The van der Waals surface area contributed by atoms with Crippen LogP contribution in [0.1, 0.15) is 19.8 Å². The van der Waals surface area contributed by atoms with Crippen LogP contribution in [0.5, 0.6) is 0 Å². The summed E-state index contributed by atoms with van der Waals surface area (Å²) in [6.07, 6.45) is 3.82. The van der Waals surface area contributed by atoms with Crippen LogP contribution in [0.15, 0.2) is 47.9 Å². The number of carbonyl (C=O) groups is 1. The molecule has 4 heteroatoms. The Hall–Kier alpha value is -1.26. The molecular weight excluding hydrogens is 258 g/mol. The van der Waals surface area contributed by atoms with Crippen molar-refractivity contribution in [2.75, 3.05) is 13.7 Å². The van der Waals surface area contributed by atoms with E-state index in [1.807, 2.05) is 43.3 Å². The molecule has 0 saturated carbocycles. The Bertz CT molecular complexity index is 394. The highest BCUT2D eigenvalue weighted by atomic mass is 32.2. The number of esters is 1. The highest BCUT2D eigenvalue weighted by Crippen LogP contribution is 2.25. The summed E-state index contributed by atoms with van der Waals surface area (Å²) >= 11 is 1.59. The smallest absolute Gasteiger partial charge is 0.323 e. The third-order valence-corrected chi connectivity index (χ3v) is 3.94. The van der Waals surface area contributed by atoms with Crippen LogP contribution in [0.25, 0.3) is 0 Å². The van der Waals surface area contributed by atoms with Gasteiger partial charge in [-0.15, -0.1) is 6.58 Å². The van der Waals surface area contributed by atoms with Gasteiger partial charge in [0.25, 0.3) is 0 Å². The summed E-state index contributed by atoms with van der Waals surface area (Å²) in [6, 6.07) is 9.78. The summed E-state index contributed by atoms with van der Waals surface area (Å²) < 4.78 is 6.88. The van der Waals surface area contributed by atoms with Crippen LogP contribution in [-0.4, -0.2) is 30.0 Å². The number of allylic oxidation sites excluding steroid dienone is 1. The minimum Gasteiger partial charge on any atom is -0.468 e. The minimum atomic E-state index is -0.264. The molecule has 0 N–H and O–H groups in total. The zero-order chi connectivity index (χ0) is 14.1. The normalized spacial score (nSPS) is 12.2. The summed E-state index contributed by atoms with van der Waals surface area (Å²) in [5, 5.41) is 0. The van der Waals surface area contributed by atoms with Gasteiger partial charge in [0, 0.05) is 11.4 Å². The van der Waals surface area contributed by atoms with Crippen LogP contribution < -0.4 is 0 Å². The second-order valence-corrected chi connectivity index (χ2v) is 5.30. The number of nitrogens with zero attached hydrogens (tertiary/aromatic N) is 1. The Balaban J connectivity index is 2.68. The number of ether oxygens (including phenoxy) is 1. The number of hydrogen-bond donors (Lipinski definition) is 0. The molecule has 19 heavy (non-hydrogen) atoms. The van der Waals surface area contributed by atoms with Gasteiger partial charge in [0.2, 0.25) is 0 Å². The SMILES string of the molecule is C=CCCCN(Sc1ccccc1)[C@@H](C)C(=O)OC. The van der Waals surface area contributed by atoms with E-state index in [-0.39, 0.29) is 12.0 Å². The second kappa shape index (κ2) is 8.77. The van der Waals surface area contributed by atoms with E-state index in [1.54, 1.807) is 11.9 Å². The molecule has 0 unspecified atom stereocenters. The maximum atomic E-state index is 11.7. The van der Waals surface area contributed by atoms with Crippen LogP contribution in [0.3, 0.4) is 0 Å². The average Bonchev–Trinajstić information content (AvgIpc) is 2.46. The average molecular weight is 279 g/mol. The maximum absolute atomic E-state index is 11.7. The number of carbonyl (C=O) groups excluding carboxylic acids is 1. The van der Waals surface area contributed by atoms with E-state index in [4.69, 9.17) is 4.74 Å². The van der Waals surface area contributed by atoms with Crippen LogP contribution in [-0.2, 0) is 9.53 Å². The lowest BCUT2D eigenvalue weighted by Crippen LogP contribution is -2.35. The van der Waals surface area contributed by atoms with Crippen LogP contribution in [0.2, 0.25) is 0 Å². The van der Waals surface area contributed by atoms with Gasteiger partial charge in [-0.3, -0.25) is 4.79 Å². The fraction of sp³-hybridized carbons (Fsp3) is 0.400. The van der Waals surface area contributed by atoms with Crippen molar-refractivity contribution in [1.29, 1.82) is 0 Å². The first kappa shape index (κ1) is 15.8. The molecule has 104 valence electrons. The van der Waals surface area contributed by atoms with Crippen molar-refractivity contribution < 1.29 is 9.53 Å². The first-order valence-corrected chi connectivity index (χ1v) is 7.14. The van der Waals surface area contributed by atoms with Crippen LogP contribution >= 0.6 is 11.9 Å². The van der Waals surface area contributed by atoms with Crippen molar-refractivity contribution in [2.45, 2.75) is 30.7 Å². The van der Waals surface area contributed by atoms with Gasteiger partial charge in [0.05, 0.1) is 7.11 Å². The largest absolute Gasteiger partial charge is 0.468 e. The van der Waals surface area contributed by atoms with Gasteiger partial charge < -0.3 is 4.74 Å². The predicted octanol–water partition coefficient (Wildman–Crippen LogP) is 3.52. The van der Waals surface area contributed by atoms with Crippen molar-refractivity contribution in [1.82, 2.24) is 4.31 Å². The third kappa shape index (κ3) is 5.49. The molecule has 1 atom stereocenters. The van der Waals surface area contributed by atoms with Gasteiger partial charge in [-0.25, -0.2) is 4.31 Å². The number of benzene rings is 1. The number of hydrogen-bond acceptors (Lipinski definition) is 4. The Morgan fingerprint density at radius 1 is 1.47 bits per heavy atom. The zero-order valence-corrected chi connectivity index (χ0v) is 12.4. The quantitative estimate of drug-likeness (QED) is 0.315. The van der Waals surface area contributed by atoms with Crippen molar-refractivity contribution in [3.63, 3.8) is 0 Å². The third-order valence-electron chi connectivity index (χ3n) is 2.73. The fourth-order valence-electron chi connectivity index (χ4n) is 1.61. The number of unbranched alkanes of at least 4 members (excludes halogenated alkanes) is 1. The first-order valence-electron chi connectivity index (χ1n) is 6.37. The van der Waals surface area contributed by atoms with E-state index in [9.17, 15) is 4.79 Å². The Kier molecular flexibility index (Phi) is 7.30. The van der Waals surface area contributed by atoms with Crippen molar-refractivity contribution in [3.8, 4) is 0 Å². The van der Waals surface area contributed by atoms with E-state index in [0.717, 1.165) is 24.3 Å². The topological polar surface area (TPSA) is 29.5 Å². The van der Waals surface area contributed by atoms with Gasteiger partial charge in [0.15, 0.2) is 0 Å². The van der Waals surface area contributed by atoms with Crippen molar-refractivity contribution in [2.24, 2.45) is 0 Å². The molecule has 0 heterocycles. The Labute approximate surface area is 119 Å². The molecule has 0 saturated heterocycles. The lowest BCUT2D eigenvalue weighted by Gasteiger charge is -2.25. The van der Waals surface area contributed by atoms with Gasteiger partial charge in [-0.1, -0.05) is 24.3 Å². The van der Waals surface area contributed by atoms with Crippen LogP contribution in [0, 0.1) is 0 Å². The summed E-state index contributed by atoms with van der Waals surface area (Å²) in [4.78, 5) is 12.8. The summed E-state index contributed by atoms with van der Waals surface area (Å²) in [6.45, 7) is 6.41. The van der Waals surface area contributed by atoms with Gasteiger partial charge >= 0.3 is 5.97 Å². The van der Waals surface area contributed by atoms with E-state index >= 15 is 0 Å². The van der Waals surface area contributed by atoms with E-state index in [2.05, 4.69) is 10.9 Å². The van der Waals surface area contributed by atoms with Crippen molar-refractivity contribution in [3.05, 3.63) is 43.0 Å². The molecule has 0 bridgehead atoms. The van der Waals surface area contributed by atoms with E-state index in [0.29, 0.717) is 0 Å². The summed E-state index contributed by atoms with van der Waals surface area (Å²) in [5.41, 5.74) is 0. The van der Waals surface area contributed by atoms with Gasteiger partial charge in [-0.05, 0) is 43.8 Å². The number of rotatable bonds is 8.